The van der Waals surface area contributed by atoms with Gasteiger partial charge in [-0.1, -0.05) is 17.7 Å². The molecule has 162 valence electrons. The third-order valence-electron chi connectivity index (χ3n) is 4.79. The maximum atomic E-state index is 11.8. The molecule has 0 N–H and O–H groups in total. The smallest absolute Gasteiger partial charge is 0.314 e. The molecule has 3 heterocycles. The first-order chi connectivity index (χ1) is 15.4. The average Bonchev–Trinajstić information content (AvgIpc) is 3.43. The Bertz CT molecular complexity index is 1220. The second-order valence-electron chi connectivity index (χ2n) is 6.91. The fourth-order valence-electron chi connectivity index (χ4n) is 3.27. The molecule has 0 spiro atoms. The lowest BCUT2D eigenvalue weighted by Gasteiger charge is -2.18. The first-order valence-corrected chi connectivity index (χ1v) is 9.89. The van der Waals surface area contributed by atoms with E-state index in [1.165, 1.54) is 18.2 Å². The molecule has 3 aromatic rings. The van der Waals surface area contributed by atoms with Gasteiger partial charge in [-0.05, 0) is 35.9 Å². The number of nitro benzene ring substituents is 1. The van der Waals surface area contributed by atoms with E-state index >= 15 is 0 Å². The molecule has 0 saturated carbocycles. The highest BCUT2D eigenvalue weighted by molar-refractivity contribution is 6.29. The van der Waals surface area contributed by atoms with Gasteiger partial charge in [-0.2, -0.15) is 0 Å². The summed E-state index contributed by atoms with van der Waals surface area (Å²) in [5.41, 5.74) is 1.25. The standard InChI is InChI=1S/C21H16ClN5O5/c22-20-8-1-14(12-24-20)13-25-10-9-23-21(25)18(27(30)31)11-17-6-7-19(32-17)15-2-4-16(5-3-15)26(28)29/h1-8,11-12H,9-10,13H2/b18-11+. The minimum atomic E-state index is -0.495. The molecular formula is C21H16ClN5O5. The zero-order valence-electron chi connectivity index (χ0n) is 16.6. The van der Waals surface area contributed by atoms with Crippen molar-refractivity contribution in [1.82, 2.24) is 9.88 Å². The van der Waals surface area contributed by atoms with Gasteiger partial charge in [0.2, 0.25) is 5.84 Å². The number of furan rings is 1. The lowest BCUT2D eigenvalue weighted by molar-refractivity contribution is -0.414. The average molecular weight is 454 g/mol. The van der Waals surface area contributed by atoms with Gasteiger partial charge in [-0.15, -0.1) is 0 Å². The highest BCUT2D eigenvalue weighted by Gasteiger charge is 2.29. The first kappa shape index (κ1) is 21.2. The Morgan fingerprint density at radius 1 is 1.12 bits per heavy atom. The van der Waals surface area contributed by atoms with Crippen LogP contribution in [0.2, 0.25) is 5.15 Å². The molecule has 1 aliphatic heterocycles. The second-order valence-corrected chi connectivity index (χ2v) is 7.30. The van der Waals surface area contributed by atoms with E-state index in [0.29, 0.717) is 36.1 Å². The summed E-state index contributed by atoms with van der Waals surface area (Å²) < 4.78 is 5.73. The molecule has 1 aromatic carbocycles. The molecule has 0 atom stereocenters. The number of pyridine rings is 1. The van der Waals surface area contributed by atoms with Crippen molar-refractivity contribution < 1.29 is 14.3 Å². The van der Waals surface area contributed by atoms with Crippen LogP contribution < -0.4 is 0 Å². The van der Waals surface area contributed by atoms with E-state index in [1.807, 2.05) is 6.07 Å². The highest BCUT2D eigenvalue weighted by atomic mass is 35.5. The van der Waals surface area contributed by atoms with Crippen molar-refractivity contribution in [2.24, 2.45) is 4.99 Å². The van der Waals surface area contributed by atoms with Gasteiger partial charge in [0, 0.05) is 37.0 Å². The largest absolute Gasteiger partial charge is 0.456 e. The summed E-state index contributed by atoms with van der Waals surface area (Å²) in [6, 6.07) is 12.6. The molecule has 0 fully saturated rings. The lowest BCUT2D eigenvalue weighted by Crippen LogP contribution is -2.30. The fraction of sp³-hybridized carbons (Fsp3) is 0.143. The third-order valence-corrected chi connectivity index (χ3v) is 5.01. The van der Waals surface area contributed by atoms with Crippen LogP contribution in [0.15, 0.2) is 69.8 Å². The number of nitrogens with zero attached hydrogens (tertiary/aromatic N) is 5. The Balaban J connectivity index is 1.57. The monoisotopic (exact) mass is 453 g/mol. The number of amidine groups is 1. The number of aromatic nitrogens is 1. The van der Waals surface area contributed by atoms with Crippen LogP contribution in [0.4, 0.5) is 5.69 Å². The van der Waals surface area contributed by atoms with Gasteiger partial charge in [0.15, 0.2) is 0 Å². The van der Waals surface area contributed by atoms with E-state index in [1.54, 1.807) is 41.4 Å². The summed E-state index contributed by atoms with van der Waals surface area (Å²) in [6.07, 6.45) is 2.95. The number of nitro groups is 2. The minimum absolute atomic E-state index is 0.0358. The molecule has 1 aliphatic rings. The van der Waals surface area contributed by atoms with Gasteiger partial charge in [0.05, 0.1) is 22.5 Å². The zero-order valence-corrected chi connectivity index (χ0v) is 17.3. The van der Waals surface area contributed by atoms with Crippen molar-refractivity contribution in [3.8, 4) is 11.3 Å². The molecular weight excluding hydrogens is 438 g/mol. The second kappa shape index (κ2) is 8.98. The summed E-state index contributed by atoms with van der Waals surface area (Å²) in [6.45, 7) is 1.38. The van der Waals surface area contributed by atoms with Gasteiger partial charge in [0.1, 0.15) is 16.7 Å². The molecule has 11 heteroatoms. The zero-order chi connectivity index (χ0) is 22.7. The Labute approximate surface area is 186 Å². The summed E-state index contributed by atoms with van der Waals surface area (Å²) in [5, 5.41) is 23.0. The summed E-state index contributed by atoms with van der Waals surface area (Å²) >= 11 is 5.82. The number of halogens is 1. The number of hydrogen-bond acceptors (Lipinski definition) is 8. The number of benzene rings is 1. The van der Waals surface area contributed by atoms with Gasteiger partial charge < -0.3 is 9.32 Å². The maximum Gasteiger partial charge on any atom is 0.314 e. The Kier molecular flexibility index (Phi) is 5.95. The van der Waals surface area contributed by atoms with Crippen LogP contribution in [0.5, 0.6) is 0 Å². The molecule has 0 aliphatic carbocycles. The van der Waals surface area contributed by atoms with Crippen LogP contribution in [-0.2, 0) is 6.54 Å². The third kappa shape index (κ3) is 4.65. The van der Waals surface area contributed by atoms with Gasteiger partial charge >= 0.3 is 5.70 Å². The molecule has 4 rings (SSSR count). The van der Waals surface area contributed by atoms with E-state index in [2.05, 4.69) is 9.98 Å². The van der Waals surface area contributed by atoms with E-state index in [-0.39, 0.29) is 23.0 Å². The molecule has 32 heavy (non-hydrogen) atoms. The topological polar surface area (TPSA) is 128 Å². The fourth-order valence-corrected chi connectivity index (χ4v) is 3.38. The van der Waals surface area contributed by atoms with E-state index in [0.717, 1.165) is 5.56 Å². The van der Waals surface area contributed by atoms with Crippen LogP contribution in [0.1, 0.15) is 11.3 Å². The van der Waals surface area contributed by atoms with Gasteiger partial charge in [-0.3, -0.25) is 25.2 Å². The molecule has 0 bridgehead atoms. The van der Waals surface area contributed by atoms with E-state index < -0.39 is 9.85 Å². The molecule has 2 aromatic heterocycles. The van der Waals surface area contributed by atoms with Crippen molar-refractivity contribution in [3.63, 3.8) is 0 Å². The normalized spacial score (nSPS) is 13.8. The number of hydrogen-bond donors (Lipinski definition) is 0. The van der Waals surface area contributed by atoms with Crippen molar-refractivity contribution in [2.75, 3.05) is 13.1 Å². The van der Waals surface area contributed by atoms with Crippen molar-refractivity contribution in [1.29, 1.82) is 0 Å². The van der Waals surface area contributed by atoms with Crippen molar-refractivity contribution in [2.45, 2.75) is 6.54 Å². The van der Waals surface area contributed by atoms with E-state index in [4.69, 9.17) is 16.0 Å². The quantitative estimate of drug-likeness (QED) is 0.294. The summed E-state index contributed by atoms with van der Waals surface area (Å²) in [7, 11) is 0. The minimum Gasteiger partial charge on any atom is -0.456 e. The van der Waals surface area contributed by atoms with Gasteiger partial charge in [0.25, 0.3) is 5.69 Å². The molecule has 10 nitrogen and oxygen atoms in total. The SMILES string of the molecule is O=[N+]([O-])/C(=C/c1ccc(-c2ccc([N+](=O)[O-])cc2)o1)C1=NCCN1Cc1ccc(Cl)nc1. The summed E-state index contributed by atoms with van der Waals surface area (Å²) in [4.78, 5) is 31.8. The number of non-ortho nitro benzene ring substituents is 1. The Hall–Kier alpha value is -4.05. The molecule has 0 amide bonds. The van der Waals surface area contributed by atoms with Gasteiger partial charge in [-0.25, -0.2) is 4.98 Å². The summed E-state index contributed by atoms with van der Waals surface area (Å²) in [5.74, 6) is 0.970. The molecule has 0 unspecified atom stereocenters. The number of rotatable bonds is 7. The molecule has 0 saturated heterocycles. The van der Waals surface area contributed by atoms with Crippen LogP contribution in [0.3, 0.4) is 0 Å². The van der Waals surface area contributed by atoms with Crippen LogP contribution in [0, 0.1) is 20.2 Å². The first-order valence-electron chi connectivity index (χ1n) is 9.51. The number of aliphatic imine (C=N–C) groups is 1. The lowest BCUT2D eigenvalue weighted by atomic mass is 10.1. The van der Waals surface area contributed by atoms with Crippen molar-refractivity contribution >= 4 is 29.2 Å². The maximum absolute atomic E-state index is 11.8. The Morgan fingerprint density at radius 2 is 1.91 bits per heavy atom. The predicted octanol–water partition coefficient (Wildman–Crippen LogP) is 4.44. The van der Waals surface area contributed by atoms with Crippen LogP contribution in [0.25, 0.3) is 17.4 Å². The molecule has 0 radical (unpaired) electrons. The predicted molar refractivity (Wildman–Crippen MR) is 118 cm³/mol. The van der Waals surface area contributed by atoms with E-state index in [9.17, 15) is 20.2 Å². The highest BCUT2D eigenvalue weighted by Crippen LogP contribution is 2.26. The Morgan fingerprint density at radius 3 is 2.56 bits per heavy atom. The van der Waals surface area contributed by atoms with Crippen LogP contribution in [-0.4, -0.2) is 38.7 Å². The van der Waals surface area contributed by atoms with Crippen molar-refractivity contribution in [3.05, 3.63) is 97.1 Å². The van der Waals surface area contributed by atoms with Crippen LogP contribution >= 0.6 is 11.6 Å².